The first-order valence-corrected chi connectivity index (χ1v) is 25.7. The minimum absolute atomic E-state index is 0.108. The third kappa shape index (κ3) is 23.5. The first-order chi connectivity index (χ1) is 37.2. The lowest BCUT2D eigenvalue weighted by Crippen LogP contribution is -2.16. The van der Waals surface area contributed by atoms with Crippen LogP contribution in [0.25, 0.3) is 0 Å². The summed E-state index contributed by atoms with van der Waals surface area (Å²) in [7, 11) is 0. The van der Waals surface area contributed by atoms with E-state index in [1.165, 1.54) is 11.1 Å². The molecular weight excluding hydrogens is 1060 g/mol. The van der Waals surface area contributed by atoms with Crippen LogP contribution in [-0.2, 0) is 19.4 Å². The molecule has 24 nitrogen and oxygen atoms in total. The van der Waals surface area contributed by atoms with Gasteiger partial charge in [-0.05, 0) is 132 Å². The van der Waals surface area contributed by atoms with Crippen molar-refractivity contribution in [1.82, 2.24) is 59.8 Å². The second-order valence-electron chi connectivity index (χ2n) is 17.9. The Labute approximate surface area is 468 Å². The van der Waals surface area contributed by atoms with E-state index >= 15 is 0 Å². The van der Waals surface area contributed by atoms with E-state index in [2.05, 4.69) is 97.0 Å². The van der Waals surface area contributed by atoms with Gasteiger partial charge in [0.15, 0.2) is 0 Å². The van der Waals surface area contributed by atoms with Crippen LogP contribution < -0.4 is 65.9 Å². The van der Waals surface area contributed by atoms with Crippen LogP contribution in [0.15, 0.2) is 97.1 Å². The smallest absolute Gasteiger partial charge is 0.233 e. The highest BCUT2D eigenvalue weighted by Crippen LogP contribution is 2.18. The minimum atomic E-state index is 0.108. The summed E-state index contributed by atoms with van der Waals surface area (Å²) in [4.78, 5) is 48.6. The zero-order chi connectivity index (χ0) is 56.6. The molecule has 0 saturated carbocycles. The Bertz CT molecular complexity index is 3060. The Morgan fingerprint density at radius 3 is 1.12 bits per heavy atom. The van der Waals surface area contributed by atoms with Crippen LogP contribution >= 0.6 is 34.8 Å². The van der Waals surface area contributed by atoms with Gasteiger partial charge >= 0.3 is 0 Å². The Morgan fingerprint density at radius 1 is 0.385 bits per heavy atom. The highest BCUT2D eigenvalue weighted by atomic mass is 35.5. The van der Waals surface area contributed by atoms with Crippen LogP contribution in [0.2, 0.25) is 15.1 Å². The zero-order valence-corrected chi connectivity index (χ0v) is 46.7. The number of benzene rings is 4. The van der Waals surface area contributed by atoms with Gasteiger partial charge in [0, 0.05) is 58.5 Å². The molecule has 0 unspecified atom stereocenters. The van der Waals surface area contributed by atoms with Crippen molar-refractivity contribution in [3.05, 3.63) is 134 Å². The van der Waals surface area contributed by atoms with Crippen molar-refractivity contribution in [1.29, 1.82) is 0 Å². The van der Waals surface area contributed by atoms with Crippen LogP contribution in [0.3, 0.4) is 0 Å². The molecule has 27 heteroatoms. The molecule has 0 radical (unpaired) electrons. The highest BCUT2D eigenvalue weighted by Gasteiger charge is 2.09. The predicted molar refractivity (Wildman–Crippen MR) is 318 cm³/mol. The molecule has 8 rings (SSSR count). The number of nitrogen functional groups attached to an aromatic ring is 5. The molecule has 0 bridgehead atoms. The average molecular weight is 1120 g/mol. The molecule has 0 aliphatic heterocycles. The monoisotopic (exact) mass is 1120 g/mol. The summed E-state index contributed by atoms with van der Waals surface area (Å²) in [5.74, 6) is 3.92. The molecule has 0 fully saturated rings. The summed E-state index contributed by atoms with van der Waals surface area (Å²) >= 11 is 17.5. The fraction of sp³-hybridized carbons (Fsp3) is 0.294. The second kappa shape index (κ2) is 30.8. The SMILES string of the molecule is CC(C)Nc1nc(N)nc(NCCc2ccc(Cl)cc2)n1.CC(C)Nc1nc(N)nc(NCc2ccc(Cl)cc2)n1.Cc1cccc(Nc2nc(N)nc(NC(C)C)n2)c1.Nc1nc(N)nc(NCCc2ccc(Cl)cc2)n1. The van der Waals surface area contributed by atoms with Gasteiger partial charge in [-0.15, -0.1) is 0 Å². The number of hydrogen-bond acceptors (Lipinski definition) is 24. The zero-order valence-electron chi connectivity index (χ0n) is 44.4. The number of nitrogens with zero attached hydrogens (tertiary/aromatic N) is 12. The molecular formula is C51H67Cl3N24. The van der Waals surface area contributed by atoms with E-state index in [-0.39, 0.29) is 47.9 Å². The fourth-order valence-corrected chi connectivity index (χ4v) is 6.80. The highest BCUT2D eigenvalue weighted by molar-refractivity contribution is 6.31. The van der Waals surface area contributed by atoms with E-state index in [0.29, 0.717) is 66.3 Å². The van der Waals surface area contributed by atoms with Gasteiger partial charge < -0.3 is 65.9 Å². The lowest BCUT2D eigenvalue weighted by atomic mass is 10.1. The van der Waals surface area contributed by atoms with Gasteiger partial charge in [0.05, 0.1) is 0 Å². The molecule has 412 valence electrons. The lowest BCUT2D eigenvalue weighted by Gasteiger charge is -2.10. The predicted octanol–water partition coefficient (Wildman–Crippen LogP) is 8.79. The van der Waals surface area contributed by atoms with Gasteiger partial charge in [0.25, 0.3) is 0 Å². The van der Waals surface area contributed by atoms with Crippen molar-refractivity contribution in [2.45, 2.75) is 86.0 Å². The van der Waals surface area contributed by atoms with Crippen LogP contribution in [0, 0.1) is 6.92 Å². The maximum absolute atomic E-state index is 5.85. The maximum Gasteiger partial charge on any atom is 0.233 e. The molecule has 0 aliphatic rings. The van der Waals surface area contributed by atoms with Crippen molar-refractivity contribution in [2.75, 3.05) is 79.0 Å². The van der Waals surface area contributed by atoms with Gasteiger partial charge in [0.2, 0.25) is 71.4 Å². The molecule has 4 aromatic carbocycles. The van der Waals surface area contributed by atoms with Crippen molar-refractivity contribution in [3.8, 4) is 0 Å². The number of rotatable bonds is 19. The molecule has 17 N–H and O–H groups in total. The van der Waals surface area contributed by atoms with Crippen molar-refractivity contribution >= 4 is 112 Å². The Kier molecular flexibility index (Phi) is 23.8. The number of hydrogen-bond donors (Lipinski definition) is 12. The van der Waals surface area contributed by atoms with Crippen LogP contribution in [0.4, 0.5) is 77.1 Å². The molecule has 78 heavy (non-hydrogen) atoms. The molecule has 4 aromatic heterocycles. The fourth-order valence-electron chi connectivity index (χ4n) is 6.42. The summed E-state index contributed by atoms with van der Waals surface area (Å²) < 4.78 is 0. The number of aryl methyl sites for hydroxylation is 1. The molecule has 0 amide bonds. The van der Waals surface area contributed by atoms with E-state index in [9.17, 15) is 0 Å². The standard InChI is InChI=1S/C14H19ClN6.C13H17ClN6.C13H18N6.C11H13ClN6/c1-9(2)18-14-20-12(16)19-13(21-14)17-8-7-10-3-5-11(15)6-4-10;1-8(2)17-13-19-11(15)18-12(20-13)16-7-9-3-5-10(14)6-4-9;1-8(2)15-12-17-11(14)18-13(19-12)16-10-6-4-5-9(3)7-10;12-8-3-1-7(2-4-8)5-6-15-11-17-9(13)16-10(14)18-11/h3-6,9H,7-8H2,1-2H3,(H4,16,17,18,19,20,21);3-6,8H,7H2,1-2H3,(H4,15,16,17,18,19,20);4-8H,1-3H3,(H4,14,15,16,17,18,19);1-4H,5-6H2,(H5,13,14,15,16,17,18). The van der Waals surface area contributed by atoms with E-state index in [0.717, 1.165) is 39.7 Å². The van der Waals surface area contributed by atoms with Gasteiger partial charge in [-0.25, -0.2) is 0 Å². The summed E-state index contributed by atoms with van der Waals surface area (Å²) in [5, 5.41) is 23.9. The van der Waals surface area contributed by atoms with Crippen LogP contribution in [-0.4, -0.2) is 91.0 Å². The molecule has 8 aromatic rings. The van der Waals surface area contributed by atoms with Crippen molar-refractivity contribution in [3.63, 3.8) is 0 Å². The third-order valence-electron chi connectivity index (χ3n) is 9.74. The topological polar surface area (TPSA) is 369 Å². The maximum atomic E-state index is 5.85. The summed E-state index contributed by atoms with van der Waals surface area (Å²) in [6.07, 6.45) is 1.67. The van der Waals surface area contributed by atoms with Gasteiger partial charge in [0.1, 0.15) is 0 Å². The molecule has 0 aliphatic carbocycles. The number of nitrogens with one attached hydrogen (secondary N) is 7. The van der Waals surface area contributed by atoms with Crippen LogP contribution in [0.5, 0.6) is 0 Å². The van der Waals surface area contributed by atoms with Crippen molar-refractivity contribution in [2.24, 2.45) is 0 Å². The van der Waals surface area contributed by atoms with Crippen molar-refractivity contribution < 1.29 is 0 Å². The van der Waals surface area contributed by atoms with Gasteiger partial charge in [-0.2, -0.15) is 59.8 Å². The third-order valence-corrected chi connectivity index (χ3v) is 10.5. The summed E-state index contributed by atoms with van der Waals surface area (Å²) in [6.45, 7) is 16.0. The molecule has 0 spiro atoms. The Balaban J connectivity index is 0.000000192. The quantitative estimate of drug-likeness (QED) is 0.0360. The normalized spacial score (nSPS) is 10.5. The number of aromatic nitrogens is 12. The number of anilines is 13. The lowest BCUT2D eigenvalue weighted by molar-refractivity contribution is 0.866. The second-order valence-corrected chi connectivity index (χ2v) is 19.2. The van der Waals surface area contributed by atoms with Gasteiger partial charge in [-0.1, -0.05) is 83.3 Å². The summed E-state index contributed by atoms with van der Waals surface area (Å²) in [6, 6.07) is 31.6. The first-order valence-electron chi connectivity index (χ1n) is 24.6. The molecule has 4 heterocycles. The Hall–Kier alpha value is -8.61. The largest absolute Gasteiger partial charge is 0.368 e. The van der Waals surface area contributed by atoms with E-state index in [1.807, 2.05) is 146 Å². The summed E-state index contributed by atoms with van der Waals surface area (Å²) in [5.41, 5.74) is 33.5. The van der Waals surface area contributed by atoms with E-state index in [1.54, 1.807) is 0 Å². The minimum Gasteiger partial charge on any atom is -0.368 e. The average Bonchev–Trinajstić information content (AvgIpc) is 3.35. The van der Waals surface area contributed by atoms with Crippen LogP contribution in [0.1, 0.15) is 63.8 Å². The molecule has 0 atom stereocenters. The van der Waals surface area contributed by atoms with E-state index in [4.69, 9.17) is 63.5 Å². The number of halogens is 3. The van der Waals surface area contributed by atoms with E-state index < -0.39 is 0 Å². The van der Waals surface area contributed by atoms with Gasteiger partial charge in [-0.3, -0.25) is 0 Å². The number of nitrogens with two attached hydrogens (primary N) is 5. The first kappa shape index (κ1) is 60.3. The Morgan fingerprint density at radius 2 is 0.718 bits per heavy atom. The molecule has 0 saturated heterocycles.